The number of aromatic nitrogens is 1. The van der Waals surface area contributed by atoms with Crippen molar-refractivity contribution in [1.82, 2.24) is 9.88 Å². The fourth-order valence-corrected chi connectivity index (χ4v) is 4.35. The Labute approximate surface area is 169 Å². The maximum Gasteiger partial charge on any atom is 0.290 e. The number of pyridine rings is 1. The van der Waals surface area contributed by atoms with Crippen LogP contribution in [0.5, 0.6) is 0 Å². The minimum Gasteiger partial charge on any atom is -0.451 e. The van der Waals surface area contributed by atoms with Crippen LogP contribution in [0.2, 0.25) is 0 Å². The Bertz CT molecular complexity index is 1020. The molecule has 0 N–H and O–H groups in total. The van der Waals surface area contributed by atoms with E-state index in [0.29, 0.717) is 32.1 Å². The predicted molar refractivity (Wildman–Crippen MR) is 108 cm³/mol. The lowest BCUT2D eigenvalue weighted by Crippen LogP contribution is -2.67. The first-order valence-corrected chi connectivity index (χ1v) is 10.1. The van der Waals surface area contributed by atoms with Crippen molar-refractivity contribution < 1.29 is 18.7 Å². The highest BCUT2D eigenvalue weighted by Crippen LogP contribution is 2.37. The van der Waals surface area contributed by atoms with Gasteiger partial charge < -0.3 is 18.8 Å². The van der Waals surface area contributed by atoms with Gasteiger partial charge in [-0.1, -0.05) is 24.3 Å². The van der Waals surface area contributed by atoms with E-state index in [0.717, 1.165) is 35.1 Å². The molecule has 0 saturated carbocycles. The van der Waals surface area contributed by atoms with E-state index < -0.39 is 0 Å². The lowest BCUT2D eigenvalue weighted by Gasteiger charge is -2.52. The SMILES string of the molecule is Cc1c(C(=O)N2CC3(CC(OCc4ccccn4)CCO3)C2)oc2ccccc12. The van der Waals surface area contributed by atoms with Crippen molar-refractivity contribution in [3.8, 4) is 0 Å². The highest BCUT2D eigenvalue weighted by molar-refractivity contribution is 5.99. The van der Waals surface area contributed by atoms with Crippen LogP contribution < -0.4 is 0 Å². The van der Waals surface area contributed by atoms with E-state index in [1.165, 1.54) is 0 Å². The number of amides is 1. The number of furan rings is 1. The molecule has 1 atom stereocenters. The molecule has 1 amide bonds. The molecule has 1 aromatic carbocycles. The van der Waals surface area contributed by atoms with Gasteiger partial charge in [-0.25, -0.2) is 0 Å². The zero-order chi connectivity index (χ0) is 19.8. The molecule has 2 aliphatic heterocycles. The average molecular weight is 392 g/mol. The fourth-order valence-electron chi connectivity index (χ4n) is 4.35. The summed E-state index contributed by atoms with van der Waals surface area (Å²) in [6.45, 7) is 4.24. The predicted octanol–water partition coefficient (Wildman–Crippen LogP) is 3.73. The molecular weight excluding hydrogens is 368 g/mol. The largest absolute Gasteiger partial charge is 0.451 e. The van der Waals surface area contributed by atoms with E-state index in [1.807, 2.05) is 54.3 Å². The lowest BCUT2D eigenvalue weighted by atomic mass is 9.84. The highest BCUT2D eigenvalue weighted by Gasteiger charge is 2.50. The number of aryl methyl sites for hydroxylation is 1. The minimum atomic E-state index is -0.303. The molecule has 4 heterocycles. The molecule has 2 fully saturated rings. The number of hydrogen-bond acceptors (Lipinski definition) is 5. The Balaban J connectivity index is 1.22. The van der Waals surface area contributed by atoms with Gasteiger partial charge in [0.15, 0.2) is 5.76 Å². The Kier molecular flexibility index (Phi) is 4.60. The minimum absolute atomic E-state index is 0.0653. The molecule has 0 aliphatic carbocycles. The number of para-hydroxylation sites is 1. The fraction of sp³-hybridized carbons (Fsp3) is 0.391. The second-order valence-electron chi connectivity index (χ2n) is 7.99. The number of fused-ring (bicyclic) bond motifs is 1. The van der Waals surface area contributed by atoms with E-state index in [4.69, 9.17) is 13.9 Å². The molecule has 2 saturated heterocycles. The van der Waals surface area contributed by atoms with Crippen molar-refractivity contribution >= 4 is 16.9 Å². The van der Waals surface area contributed by atoms with Crippen LogP contribution in [0.25, 0.3) is 11.0 Å². The molecule has 1 unspecified atom stereocenters. The zero-order valence-corrected chi connectivity index (χ0v) is 16.5. The maximum atomic E-state index is 13.0. The third kappa shape index (κ3) is 3.43. The Morgan fingerprint density at radius 1 is 1.24 bits per heavy atom. The lowest BCUT2D eigenvalue weighted by molar-refractivity contribution is -0.188. The van der Waals surface area contributed by atoms with E-state index >= 15 is 0 Å². The van der Waals surface area contributed by atoms with Crippen LogP contribution in [0.3, 0.4) is 0 Å². The molecule has 6 heteroatoms. The Morgan fingerprint density at radius 3 is 2.86 bits per heavy atom. The second kappa shape index (κ2) is 7.28. The average Bonchev–Trinajstić information content (AvgIpc) is 3.08. The molecule has 2 aliphatic rings. The van der Waals surface area contributed by atoms with Gasteiger partial charge in [-0.05, 0) is 31.5 Å². The van der Waals surface area contributed by atoms with Crippen molar-refractivity contribution in [2.24, 2.45) is 0 Å². The number of benzene rings is 1. The first kappa shape index (κ1) is 18.3. The van der Waals surface area contributed by atoms with E-state index in [9.17, 15) is 4.79 Å². The zero-order valence-electron chi connectivity index (χ0n) is 16.5. The summed E-state index contributed by atoms with van der Waals surface area (Å²) in [4.78, 5) is 19.1. The number of ether oxygens (including phenoxy) is 2. The van der Waals surface area contributed by atoms with Gasteiger partial charge in [0.1, 0.15) is 11.2 Å². The number of carbonyl (C=O) groups excluding carboxylic acids is 1. The number of carbonyl (C=O) groups is 1. The number of rotatable bonds is 4. The highest BCUT2D eigenvalue weighted by atomic mass is 16.5. The van der Waals surface area contributed by atoms with Gasteiger partial charge in [0.25, 0.3) is 5.91 Å². The van der Waals surface area contributed by atoms with Crippen LogP contribution in [0.1, 0.15) is 34.7 Å². The summed E-state index contributed by atoms with van der Waals surface area (Å²) < 4.78 is 18.0. The Morgan fingerprint density at radius 2 is 2.07 bits per heavy atom. The van der Waals surface area contributed by atoms with Crippen LogP contribution in [-0.2, 0) is 16.1 Å². The maximum absolute atomic E-state index is 13.0. The van der Waals surface area contributed by atoms with Crippen LogP contribution in [0.15, 0.2) is 53.1 Å². The van der Waals surface area contributed by atoms with Crippen LogP contribution in [-0.4, -0.2) is 47.2 Å². The van der Waals surface area contributed by atoms with Crippen LogP contribution in [0, 0.1) is 6.92 Å². The second-order valence-corrected chi connectivity index (χ2v) is 7.99. The molecule has 0 radical (unpaired) electrons. The summed E-state index contributed by atoms with van der Waals surface area (Å²) in [5, 5.41) is 0.989. The first-order chi connectivity index (χ1) is 14.1. The topological polar surface area (TPSA) is 64.8 Å². The van der Waals surface area contributed by atoms with Gasteiger partial charge in [0.2, 0.25) is 0 Å². The molecule has 29 heavy (non-hydrogen) atoms. The molecule has 1 spiro atoms. The summed E-state index contributed by atoms with van der Waals surface area (Å²) in [6.07, 6.45) is 3.56. The number of hydrogen-bond donors (Lipinski definition) is 0. The first-order valence-electron chi connectivity index (χ1n) is 10.1. The summed E-state index contributed by atoms with van der Waals surface area (Å²) in [7, 11) is 0. The van der Waals surface area contributed by atoms with E-state index in [-0.39, 0.29) is 17.6 Å². The van der Waals surface area contributed by atoms with E-state index in [1.54, 1.807) is 6.20 Å². The summed E-state index contributed by atoms with van der Waals surface area (Å²) in [5.74, 6) is 0.365. The molecule has 5 rings (SSSR count). The van der Waals surface area contributed by atoms with Gasteiger partial charge in [0, 0.05) is 30.2 Å². The van der Waals surface area contributed by atoms with Gasteiger partial charge >= 0.3 is 0 Å². The monoisotopic (exact) mass is 392 g/mol. The van der Waals surface area contributed by atoms with Crippen LogP contribution in [0.4, 0.5) is 0 Å². The third-order valence-electron chi connectivity index (χ3n) is 5.92. The molecule has 2 aromatic heterocycles. The van der Waals surface area contributed by atoms with Gasteiger partial charge in [-0.3, -0.25) is 9.78 Å². The third-order valence-corrected chi connectivity index (χ3v) is 5.92. The number of likely N-dealkylation sites (tertiary alicyclic amines) is 1. The van der Waals surface area contributed by atoms with Gasteiger partial charge in [-0.2, -0.15) is 0 Å². The summed E-state index contributed by atoms with van der Waals surface area (Å²) >= 11 is 0. The molecule has 3 aromatic rings. The van der Waals surface area contributed by atoms with Crippen molar-refractivity contribution in [1.29, 1.82) is 0 Å². The van der Waals surface area contributed by atoms with Crippen molar-refractivity contribution in [2.75, 3.05) is 19.7 Å². The smallest absolute Gasteiger partial charge is 0.290 e. The number of nitrogens with zero attached hydrogens (tertiary/aromatic N) is 2. The van der Waals surface area contributed by atoms with Crippen molar-refractivity contribution in [2.45, 2.75) is 38.1 Å². The summed E-state index contributed by atoms with van der Waals surface area (Å²) in [5.41, 5.74) is 2.27. The van der Waals surface area contributed by atoms with Crippen molar-refractivity contribution in [3.05, 3.63) is 65.7 Å². The molecule has 6 nitrogen and oxygen atoms in total. The molecule has 150 valence electrons. The Hall–Kier alpha value is -2.70. The van der Waals surface area contributed by atoms with Crippen LogP contribution >= 0.6 is 0 Å². The van der Waals surface area contributed by atoms with Gasteiger partial charge in [-0.15, -0.1) is 0 Å². The van der Waals surface area contributed by atoms with Crippen molar-refractivity contribution in [3.63, 3.8) is 0 Å². The summed E-state index contributed by atoms with van der Waals surface area (Å²) in [6, 6.07) is 13.6. The molecular formula is C23H24N2O4. The van der Waals surface area contributed by atoms with Gasteiger partial charge in [0.05, 0.1) is 31.5 Å². The quantitative estimate of drug-likeness (QED) is 0.677. The normalized spacial score (nSPS) is 20.7. The molecule has 0 bridgehead atoms. The van der Waals surface area contributed by atoms with E-state index in [2.05, 4.69) is 4.98 Å². The standard InChI is InChI=1S/C23H24N2O4/c1-16-19-7-2-3-8-20(19)29-21(16)22(26)25-14-23(15-25)12-18(9-11-28-23)27-13-17-6-4-5-10-24-17/h2-8,10,18H,9,11-15H2,1H3.